The van der Waals surface area contributed by atoms with Gasteiger partial charge in [0.05, 0.1) is 5.69 Å². The lowest BCUT2D eigenvalue weighted by Gasteiger charge is -2.26. The number of hydrogen-bond acceptors (Lipinski definition) is 5. The first kappa shape index (κ1) is 12.3. The first-order chi connectivity index (χ1) is 9.31. The van der Waals surface area contributed by atoms with Crippen molar-refractivity contribution in [3.05, 3.63) is 36.2 Å². The maximum Gasteiger partial charge on any atom is 0.234 e. The molecule has 0 unspecified atom stereocenters. The van der Waals surface area contributed by atoms with E-state index in [4.69, 9.17) is 0 Å². The molecule has 2 aromatic heterocycles. The third-order valence-electron chi connectivity index (χ3n) is 3.25. The minimum Gasteiger partial charge on any atom is -0.314 e. The molecule has 0 bridgehead atoms. The number of nitrogens with zero attached hydrogens (tertiary/aromatic N) is 5. The van der Waals surface area contributed by atoms with Crippen LogP contribution in [0.2, 0.25) is 0 Å². The quantitative estimate of drug-likeness (QED) is 0.862. The summed E-state index contributed by atoms with van der Waals surface area (Å²) in [6.07, 6.45) is 7.46. The minimum atomic E-state index is 0.671. The SMILES string of the molecule is Cc1cn(-c2ncc(CN3CCNCC3)cn2)cn1. The molecule has 100 valence electrons. The molecule has 0 spiro atoms. The third-order valence-corrected chi connectivity index (χ3v) is 3.25. The summed E-state index contributed by atoms with van der Waals surface area (Å²) in [6.45, 7) is 7.17. The molecule has 3 rings (SSSR count). The average molecular weight is 258 g/mol. The van der Waals surface area contributed by atoms with Gasteiger partial charge in [-0.2, -0.15) is 0 Å². The number of rotatable bonds is 3. The normalized spacial score (nSPS) is 16.7. The van der Waals surface area contributed by atoms with Crippen LogP contribution in [-0.4, -0.2) is 50.6 Å². The van der Waals surface area contributed by atoms with Crippen LogP contribution >= 0.6 is 0 Å². The van der Waals surface area contributed by atoms with E-state index in [1.165, 1.54) is 0 Å². The van der Waals surface area contributed by atoms with E-state index in [0.717, 1.165) is 44.0 Å². The Bertz CT molecular complexity index is 526. The van der Waals surface area contributed by atoms with Crippen LogP contribution in [0.1, 0.15) is 11.3 Å². The predicted molar refractivity (Wildman–Crippen MR) is 72.0 cm³/mol. The van der Waals surface area contributed by atoms with Gasteiger partial charge >= 0.3 is 0 Å². The van der Waals surface area contributed by atoms with Crippen LogP contribution in [0.25, 0.3) is 5.95 Å². The van der Waals surface area contributed by atoms with Gasteiger partial charge < -0.3 is 5.32 Å². The van der Waals surface area contributed by atoms with E-state index in [0.29, 0.717) is 5.95 Å². The number of hydrogen-bond donors (Lipinski definition) is 1. The van der Waals surface area contributed by atoms with Gasteiger partial charge in [0.25, 0.3) is 0 Å². The summed E-state index contributed by atoms with van der Waals surface area (Å²) in [5.74, 6) is 0.671. The molecule has 1 aliphatic heterocycles. The number of imidazole rings is 1. The van der Waals surface area contributed by atoms with Crippen LogP contribution < -0.4 is 5.32 Å². The van der Waals surface area contributed by atoms with Crippen LogP contribution in [-0.2, 0) is 6.54 Å². The van der Waals surface area contributed by atoms with Gasteiger partial charge in [0.15, 0.2) is 0 Å². The van der Waals surface area contributed by atoms with Crippen molar-refractivity contribution in [1.82, 2.24) is 29.7 Å². The lowest BCUT2D eigenvalue weighted by atomic mass is 10.3. The first-order valence-electron chi connectivity index (χ1n) is 6.56. The van der Waals surface area contributed by atoms with E-state index in [1.807, 2.05) is 30.1 Å². The molecule has 0 atom stereocenters. The second-order valence-corrected chi connectivity index (χ2v) is 4.84. The molecule has 6 heteroatoms. The molecule has 1 aliphatic rings. The average Bonchev–Trinajstić information content (AvgIpc) is 2.87. The topological polar surface area (TPSA) is 58.9 Å². The zero-order valence-electron chi connectivity index (χ0n) is 11.1. The lowest BCUT2D eigenvalue weighted by Crippen LogP contribution is -2.42. The molecule has 2 aromatic rings. The fourth-order valence-electron chi connectivity index (χ4n) is 2.22. The smallest absolute Gasteiger partial charge is 0.234 e. The zero-order chi connectivity index (χ0) is 13.1. The first-order valence-corrected chi connectivity index (χ1v) is 6.56. The molecule has 0 amide bonds. The van der Waals surface area contributed by atoms with Gasteiger partial charge in [0.1, 0.15) is 6.33 Å². The predicted octanol–water partition coefficient (Wildman–Crippen LogP) is 0.376. The summed E-state index contributed by atoms with van der Waals surface area (Å²) in [5.41, 5.74) is 2.12. The van der Waals surface area contributed by atoms with Gasteiger partial charge in [0.2, 0.25) is 5.95 Å². The van der Waals surface area contributed by atoms with Gasteiger partial charge in [-0.3, -0.25) is 9.47 Å². The highest BCUT2D eigenvalue weighted by Crippen LogP contribution is 2.06. The highest BCUT2D eigenvalue weighted by atomic mass is 15.2. The van der Waals surface area contributed by atoms with Crippen LogP contribution in [0.5, 0.6) is 0 Å². The molecular formula is C13H18N6. The van der Waals surface area contributed by atoms with Crippen molar-refractivity contribution in [2.45, 2.75) is 13.5 Å². The van der Waals surface area contributed by atoms with E-state index in [9.17, 15) is 0 Å². The highest BCUT2D eigenvalue weighted by molar-refractivity contribution is 5.16. The molecular weight excluding hydrogens is 240 g/mol. The number of nitrogens with one attached hydrogen (secondary N) is 1. The molecule has 1 saturated heterocycles. The van der Waals surface area contributed by atoms with Gasteiger partial charge in [-0.05, 0) is 6.92 Å². The van der Waals surface area contributed by atoms with Gasteiger partial charge in [-0.1, -0.05) is 0 Å². The lowest BCUT2D eigenvalue weighted by molar-refractivity contribution is 0.232. The number of aryl methyl sites for hydroxylation is 1. The Morgan fingerprint density at radius 1 is 1.16 bits per heavy atom. The van der Waals surface area contributed by atoms with Crippen molar-refractivity contribution >= 4 is 0 Å². The zero-order valence-corrected chi connectivity index (χ0v) is 11.1. The van der Waals surface area contributed by atoms with Crippen molar-refractivity contribution < 1.29 is 0 Å². The molecule has 0 radical (unpaired) electrons. The van der Waals surface area contributed by atoms with E-state index < -0.39 is 0 Å². The maximum atomic E-state index is 4.40. The number of aromatic nitrogens is 4. The van der Waals surface area contributed by atoms with Crippen molar-refractivity contribution in [2.75, 3.05) is 26.2 Å². The summed E-state index contributed by atoms with van der Waals surface area (Å²) in [7, 11) is 0. The summed E-state index contributed by atoms with van der Waals surface area (Å²) in [5, 5.41) is 3.35. The molecule has 6 nitrogen and oxygen atoms in total. The third kappa shape index (κ3) is 2.97. The van der Waals surface area contributed by atoms with Crippen molar-refractivity contribution in [3.63, 3.8) is 0 Å². The Kier molecular flexibility index (Phi) is 3.52. The van der Waals surface area contributed by atoms with Gasteiger partial charge in [-0.15, -0.1) is 0 Å². The Hall–Kier alpha value is -1.79. The standard InChI is InChI=1S/C13H18N6/c1-11-8-19(10-17-11)13-15-6-12(7-16-13)9-18-4-2-14-3-5-18/h6-8,10,14H,2-5,9H2,1H3. The van der Waals surface area contributed by atoms with Crippen LogP contribution in [0, 0.1) is 6.92 Å². The minimum absolute atomic E-state index is 0.671. The maximum absolute atomic E-state index is 4.40. The summed E-state index contributed by atoms with van der Waals surface area (Å²) in [6, 6.07) is 0. The van der Waals surface area contributed by atoms with E-state index in [1.54, 1.807) is 6.33 Å². The fourth-order valence-corrected chi connectivity index (χ4v) is 2.22. The van der Waals surface area contributed by atoms with E-state index >= 15 is 0 Å². The Labute approximate surface area is 112 Å². The number of piperazine rings is 1. The van der Waals surface area contributed by atoms with E-state index in [2.05, 4.69) is 25.2 Å². The molecule has 0 aromatic carbocycles. The molecule has 19 heavy (non-hydrogen) atoms. The molecule has 0 aliphatic carbocycles. The summed E-state index contributed by atoms with van der Waals surface area (Å²) in [4.78, 5) is 15.4. The highest BCUT2D eigenvalue weighted by Gasteiger charge is 2.10. The van der Waals surface area contributed by atoms with Crippen LogP contribution in [0.4, 0.5) is 0 Å². The second kappa shape index (κ2) is 5.46. The van der Waals surface area contributed by atoms with Crippen LogP contribution in [0.15, 0.2) is 24.9 Å². The van der Waals surface area contributed by atoms with Crippen molar-refractivity contribution in [1.29, 1.82) is 0 Å². The second-order valence-electron chi connectivity index (χ2n) is 4.84. The summed E-state index contributed by atoms with van der Waals surface area (Å²) >= 11 is 0. The monoisotopic (exact) mass is 258 g/mol. The molecule has 1 N–H and O–H groups in total. The van der Waals surface area contributed by atoms with Crippen molar-refractivity contribution in [3.8, 4) is 5.95 Å². The molecule has 1 fully saturated rings. The Morgan fingerprint density at radius 2 is 1.89 bits per heavy atom. The largest absolute Gasteiger partial charge is 0.314 e. The van der Waals surface area contributed by atoms with Gasteiger partial charge in [0, 0.05) is 56.9 Å². The molecule has 3 heterocycles. The van der Waals surface area contributed by atoms with Gasteiger partial charge in [-0.25, -0.2) is 15.0 Å². The van der Waals surface area contributed by atoms with E-state index in [-0.39, 0.29) is 0 Å². The fraction of sp³-hybridized carbons (Fsp3) is 0.462. The summed E-state index contributed by atoms with van der Waals surface area (Å²) < 4.78 is 1.84. The van der Waals surface area contributed by atoms with Crippen LogP contribution in [0.3, 0.4) is 0 Å². The molecule has 0 saturated carbocycles. The Morgan fingerprint density at radius 3 is 2.53 bits per heavy atom. The van der Waals surface area contributed by atoms with Crippen molar-refractivity contribution in [2.24, 2.45) is 0 Å². The Balaban J connectivity index is 1.68.